The Morgan fingerprint density at radius 1 is 1.52 bits per heavy atom. The van der Waals surface area contributed by atoms with E-state index in [0.29, 0.717) is 12.8 Å². The summed E-state index contributed by atoms with van der Waals surface area (Å²) in [7, 11) is 1.59. The number of carbonyl (C=O) groups is 1. The first-order valence-corrected chi connectivity index (χ1v) is 8.76. The third-order valence-electron chi connectivity index (χ3n) is 3.71. The van der Waals surface area contributed by atoms with Crippen molar-refractivity contribution in [1.29, 1.82) is 0 Å². The van der Waals surface area contributed by atoms with E-state index in [9.17, 15) is 4.79 Å². The third-order valence-corrected chi connectivity index (χ3v) is 5.16. The van der Waals surface area contributed by atoms with Crippen LogP contribution in [0.4, 0.5) is 0 Å². The number of thiophene rings is 1. The van der Waals surface area contributed by atoms with Crippen LogP contribution in [0.25, 0.3) is 0 Å². The molecule has 0 saturated carbocycles. The molecule has 1 amide bonds. The fraction of sp³-hybridized carbons (Fsp3) is 0.250. The molecule has 120 valence electrons. The van der Waals surface area contributed by atoms with Crippen LogP contribution >= 0.6 is 27.3 Å². The summed E-state index contributed by atoms with van der Waals surface area (Å²) in [6, 6.07) is 9.76. The van der Waals surface area contributed by atoms with Crippen molar-refractivity contribution < 1.29 is 9.53 Å². The molecular weight excluding hydrogens is 378 g/mol. The molecule has 1 aromatic heterocycles. The quantitative estimate of drug-likeness (QED) is 0.493. The van der Waals surface area contributed by atoms with Crippen molar-refractivity contribution in [2.75, 3.05) is 7.05 Å². The maximum atomic E-state index is 10.9. The number of benzene rings is 1. The minimum atomic E-state index is -0.161. The van der Waals surface area contributed by atoms with Gasteiger partial charge in [-0.05, 0) is 29.6 Å². The normalized spacial score (nSPS) is 20.5. The number of halogens is 1. The Hall–Kier alpha value is -1.86. The topological polar surface area (TPSA) is 67.9 Å². The molecule has 2 heterocycles. The fourth-order valence-electron chi connectivity index (χ4n) is 2.49. The van der Waals surface area contributed by atoms with Crippen LogP contribution in [0.3, 0.4) is 0 Å². The number of hydrogen-bond acceptors (Lipinski definition) is 4. The number of nitrogens with two attached hydrogens (primary N) is 1. The molecule has 3 rings (SSSR count). The molecule has 0 radical (unpaired) electrons. The maximum Gasteiger partial charge on any atom is 0.216 e. The Balaban J connectivity index is 1.99. The number of guanidine groups is 1. The lowest BCUT2D eigenvalue weighted by molar-refractivity contribution is -0.114. The molecular formula is C16H16BrN3O2S. The van der Waals surface area contributed by atoms with Gasteiger partial charge in [-0.25, -0.2) is 4.99 Å². The van der Waals surface area contributed by atoms with Crippen molar-refractivity contribution in [3.05, 3.63) is 50.6 Å². The van der Waals surface area contributed by atoms with E-state index in [-0.39, 0.29) is 18.1 Å². The predicted molar refractivity (Wildman–Crippen MR) is 94.6 cm³/mol. The van der Waals surface area contributed by atoms with Gasteiger partial charge < -0.3 is 10.5 Å². The summed E-state index contributed by atoms with van der Waals surface area (Å²) in [6.07, 6.45) is 1.26. The summed E-state index contributed by atoms with van der Waals surface area (Å²) in [5.74, 6) is 0.996. The summed E-state index contributed by atoms with van der Waals surface area (Å²) in [5.41, 5.74) is 6.88. The van der Waals surface area contributed by atoms with E-state index in [0.717, 1.165) is 20.7 Å². The van der Waals surface area contributed by atoms with Gasteiger partial charge in [-0.2, -0.15) is 0 Å². The van der Waals surface area contributed by atoms with E-state index in [1.807, 2.05) is 29.6 Å². The van der Waals surface area contributed by atoms with Crippen molar-refractivity contribution in [1.82, 2.24) is 4.90 Å². The number of carbonyl (C=O) groups excluding carboxylic acids is 1. The van der Waals surface area contributed by atoms with Gasteiger partial charge in [0.1, 0.15) is 11.9 Å². The zero-order valence-electron chi connectivity index (χ0n) is 12.5. The lowest BCUT2D eigenvalue weighted by atomic mass is 9.96. The third kappa shape index (κ3) is 3.40. The van der Waals surface area contributed by atoms with Crippen molar-refractivity contribution in [2.24, 2.45) is 10.7 Å². The minimum absolute atomic E-state index is 0.0632. The monoisotopic (exact) mass is 393 g/mol. The van der Waals surface area contributed by atoms with E-state index in [4.69, 9.17) is 10.5 Å². The molecule has 23 heavy (non-hydrogen) atoms. The zero-order chi connectivity index (χ0) is 16.4. The van der Waals surface area contributed by atoms with Crippen molar-refractivity contribution in [3.8, 4) is 5.75 Å². The highest BCUT2D eigenvalue weighted by molar-refractivity contribution is 9.10. The lowest BCUT2D eigenvalue weighted by Crippen LogP contribution is -2.33. The highest BCUT2D eigenvalue weighted by Crippen LogP contribution is 2.44. The summed E-state index contributed by atoms with van der Waals surface area (Å²) < 4.78 is 7.08. The van der Waals surface area contributed by atoms with E-state index in [1.165, 1.54) is 4.90 Å². The second kappa shape index (κ2) is 6.72. The van der Waals surface area contributed by atoms with Gasteiger partial charge in [-0.15, -0.1) is 11.3 Å². The number of aliphatic imine (C=N–C) groups is 1. The Kier molecular flexibility index (Phi) is 4.68. The molecule has 0 bridgehead atoms. The summed E-state index contributed by atoms with van der Waals surface area (Å²) in [5, 5.41) is 2.03. The van der Waals surface area contributed by atoms with E-state index in [1.54, 1.807) is 18.4 Å². The summed E-state index contributed by atoms with van der Waals surface area (Å²) in [6.45, 7) is 0. The first-order chi connectivity index (χ1) is 11.1. The molecule has 0 fully saturated rings. The van der Waals surface area contributed by atoms with Gasteiger partial charge in [0.25, 0.3) is 0 Å². The molecule has 0 aliphatic carbocycles. The van der Waals surface area contributed by atoms with Crippen LogP contribution in [0.5, 0.6) is 5.75 Å². The molecule has 2 N–H and O–H groups in total. The van der Waals surface area contributed by atoms with Crippen LogP contribution in [-0.4, -0.2) is 24.3 Å². The maximum absolute atomic E-state index is 10.9. The van der Waals surface area contributed by atoms with Crippen LogP contribution in [-0.2, 0) is 4.79 Å². The second-order valence-corrected chi connectivity index (χ2v) is 7.15. The van der Waals surface area contributed by atoms with Gasteiger partial charge in [0, 0.05) is 28.4 Å². The second-order valence-electron chi connectivity index (χ2n) is 5.26. The summed E-state index contributed by atoms with van der Waals surface area (Å²) in [4.78, 5) is 17.8. The largest absolute Gasteiger partial charge is 0.484 e. The molecule has 2 unspecified atom stereocenters. The van der Waals surface area contributed by atoms with E-state index >= 15 is 0 Å². The molecule has 0 saturated heterocycles. The van der Waals surface area contributed by atoms with Gasteiger partial charge in [0.05, 0.1) is 6.04 Å². The molecule has 1 aliphatic rings. The standard InChI is InChI=1S/C16H16BrN3O2S/c1-20(9-21)16(18)19-12-8-14(15-3-2-6-23-15)22-13-5-4-10(17)7-11(12)13/h2-7,9,12,14H,8H2,1H3,(H2,18,19). The Bertz CT molecular complexity index is 733. The average Bonchev–Trinajstić information content (AvgIpc) is 3.08. The van der Waals surface area contributed by atoms with Crippen LogP contribution in [0.2, 0.25) is 0 Å². The number of amides is 1. The molecule has 2 atom stereocenters. The van der Waals surface area contributed by atoms with Crippen LogP contribution in [0.15, 0.2) is 45.2 Å². The van der Waals surface area contributed by atoms with Gasteiger partial charge >= 0.3 is 0 Å². The Labute approximate surface area is 146 Å². The Morgan fingerprint density at radius 3 is 3.04 bits per heavy atom. The van der Waals surface area contributed by atoms with Gasteiger partial charge in [-0.3, -0.25) is 9.69 Å². The molecule has 2 aromatic rings. The summed E-state index contributed by atoms with van der Waals surface area (Å²) >= 11 is 5.14. The van der Waals surface area contributed by atoms with Crippen molar-refractivity contribution in [3.63, 3.8) is 0 Å². The van der Waals surface area contributed by atoms with Crippen LogP contribution in [0, 0.1) is 0 Å². The number of nitrogens with zero attached hydrogens (tertiary/aromatic N) is 2. The lowest BCUT2D eigenvalue weighted by Gasteiger charge is -2.30. The highest BCUT2D eigenvalue weighted by Gasteiger charge is 2.30. The van der Waals surface area contributed by atoms with Crippen molar-refractivity contribution in [2.45, 2.75) is 18.6 Å². The SMILES string of the molecule is CN(C=O)/C(N)=N\C1CC(c2cccs2)Oc2ccc(Br)cc21. The zero-order valence-corrected chi connectivity index (χ0v) is 14.9. The fourth-order valence-corrected chi connectivity index (χ4v) is 3.64. The highest BCUT2D eigenvalue weighted by atomic mass is 79.9. The van der Waals surface area contributed by atoms with Gasteiger partial charge in [-0.1, -0.05) is 22.0 Å². The van der Waals surface area contributed by atoms with E-state index < -0.39 is 0 Å². The molecule has 5 nitrogen and oxygen atoms in total. The Morgan fingerprint density at radius 2 is 2.35 bits per heavy atom. The minimum Gasteiger partial charge on any atom is -0.484 e. The molecule has 0 spiro atoms. The first kappa shape index (κ1) is 16.0. The first-order valence-electron chi connectivity index (χ1n) is 7.09. The number of hydrogen-bond donors (Lipinski definition) is 1. The van der Waals surface area contributed by atoms with Crippen molar-refractivity contribution >= 4 is 39.6 Å². The predicted octanol–water partition coefficient (Wildman–Crippen LogP) is 3.48. The molecule has 1 aliphatic heterocycles. The van der Waals surface area contributed by atoms with Gasteiger partial charge in [0.15, 0.2) is 5.96 Å². The number of rotatable bonds is 3. The number of fused-ring (bicyclic) bond motifs is 1. The molecule has 1 aromatic carbocycles. The van der Waals surface area contributed by atoms with Crippen LogP contribution < -0.4 is 10.5 Å². The van der Waals surface area contributed by atoms with E-state index in [2.05, 4.69) is 27.0 Å². The van der Waals surface area contributed by atoms with Crippen LogP contribution in [0.1, 0.15) is 29.0 Å². The molecule has 7 heteroatoms. The average molecular weight is 394 g/mol. The smallest absolute Gasteiger partial charge is 0.216 e. The number of ether oxygens (including phenoxy) is 1. The van der Waals surface area contributed by atoms with Gasteiger partial charge in [0.2, 0.25) is 6.41 Å².